The second-order valence-electron chi connectivity index (χ2n) is 8.44. The zero-order valence-corrected chi connectivity index (χ0v) is 18.3. The maximum Gasteiger partial charge on any atom is 0.164 e. The molecule has 4 aromatic rings. The van der Waals surface area contributed by atoms with Gasteiger partial charge in [0.1, 0.15) is 13.4 Å². The summed E-state index contributed by atoms with van der Waals surface area (Å²) in [7, 11) is 6.21. The highest BCUT2D eigenvalue weighted by Gasteiger charge is 2.41. The van der Waals surface area contributed by atoms with Crippen LogP contribution in [0.3, 0.4) is 0 Å². The minimum Gasteiger partial charge on any atom is -0.387 e. The maximum absolute atomic E-state index is 11.2. The molecule has 0 spiro atoms. The lowest BCUT2D eigenvalue weighted by Gasteiger charge is -2.37. The minimum atomic E-state index is -1.55. The van der Waals surface area contributed by atoms with Crippen molar-refractivity contribution in [2.75, 3.05) is 0 Å². The molecule has 1 heterocycles. The van der Waals surface area contributed by atoms with Crippen LogP contribution >= 0.6 is 0 Å². The van der Waals surface area contributed by atoms with Gasteiger partial charge in [0, 0.05) is 16.7 Å². The van der Waals surface area contributed by atoms with Gasteiger partial charge in [-0.05, 0) is 26.3 Å². The number of nitrogens with zero attached hydrogens (tertiary/aromatic N) is 3. The highest BCUT2D eigenvalue weighted by atomic mass is 16.4. The summed E-state index contributed by atoms with van der Waals surface area (Å²) >= 11 is 0. The van der Waals surface area contributed by atoms with Crippen LogP contribution in [-0.2, 0) is 5.60 Å². The predicted molar refractivity (Wildman–Crippen MR) is 127 cm³/mol. The van der Waals surface area contributed by atoms with Crippen molar-refractivity contribution < 1.29 is 10.2 Å². The van der Waals surface area contributed by atoms with Crippen molar-refractivity contribution in [3.05, 3.63) is 84.4 Å². The van der Waals surface area contributed by atoms with E-state index in [9.17, 15) is 10.2 Å². The molecule has 1 unspecified atom stereocenters. The van der Waals surface area contributed by atoms with Crippen LogP contribution in [0.25, 0.3) is 34.2 Å². The van der Waals surface area contributed by atoms with Crippen molar-refractivity contribution in [2.24, 2.45) is 0 Å². The number of hydrogen-bond acceptors (Lipinski definition) is 5. The molecule has 6 heteroatoms. The molecule has 0 amide bonds. The summed E-state index contributed by atoms with van der Waals surface area (Å²) in [5.41, 5.74) is 0.263. The van der Waals surface area contributed by atoms with Crippen molar-refractivity contribution in [3.63, 3.8) is 0 Å². The van der Waals surface area contributed by atoms with Gasteiger partial charge < -0.3 is 10.2 Å². The van der Waals surface area contributed by atoms with Gasteiger partial charge in [-0.15, -0.1) is 0 Å². The summed E-state index contributed by atoms with van der Waals surface area (Å²) in [5.74, 6) is 1.31. The first-order valence-corrected chi connectivity index (χ1v) is 10.4. The molecule has 0 fully saturated rings. The number of aliphatic hydroxyl groups is 2. The molecule has 0 aliphatic rings. The SMILES string of the molecule is [B]c1ccccc1-c1nc(-c2ccccc2)nc(-c2ccccc2C(C)(O)C(C)(C)O)n1. The van der Waals surface area contributed by atoms with Crippen LogP contribution in [0.4, 0.5) is 0 Å². The first-order valence-electron chi connectivity index (χ1n) is 10.4. The molecule has 2 N–H and O–H groups in total. The van der Waals surface area contributed by atoms with Crippen molar-refractivity contribution in [1.82, 2.24) is 15.0 Å². The Balaban J connectivity index is 1.99. The molecule has 1 aromatic heterocycles. The molecule has 4 rings (SSSR count). The standard InChI is InChI=1S/C26H24BN3O2/c1-25(2,31)26(3,32)20-15-9-7-13-18(20)23-28-22(17-11-5-4-6-12-17)29-24(30-23)19-14-8-10-16-21(19)27/h4-16,31-32H,1-3H3. The molecule has 32 heavy (non-hydrogen) atoms. The Morgan fingerprint density at radius 2 is 1.12 bits per heavy atom. The number of benzene rings is 3. The summed E-state index contributed by atoms with van der Waals surface area (Å²) in [6.45, 7) is 4.73. The Bertz CT molecular complexity index is 1250. The van der Waals surface area contributed by atoms with Gasteiger partial charge in [0.05, 0.1) is 5.60 Å². The predicted octanol–water partition coefficient (Wildman–Crippen LogP) is 3.64. The lowest BCUT2D eigenvalue weighted by Crippen LogP contribution is -2.45. The third-order valence-corrected chi connectivity index (χ3v) is 5.75. The molecular weight excluding hydrogens is 397 g/mol. The highest BCUT2D eigenvalue weighted by molar-refractivity contribution is 6.35. The van der Waals surface area contributed by atoms with Crippen LogP contribution in [0, 0.1) is 0 Å². The van der Waals surface area contributed by atoms with Crippen LogP contribution in [0.15, 0.2) is 78.9 Å². The Morgan fingerprint density at radius 3 is 1.75 bits per heavy atom. The van der Waals surface area contributed by atoms with Crippen LogP contribution < -0.4 is 5.46 Å². The van der Waals surface area contributed by atoms with Crippen LogP contribution in [-0.4, -0.2) is 38.6 Å². The van der Waals surface area contributed by atoms with E-state index in [0.717, 1.165) is 5.56 Å². The minimum absolute atomic E-state index is 0.386. The van der Waals surface area contributed by atoms with E-state index in [-0.39, 0.29) is 0 Å². The monoisotopic (exact) mass is 421 g/mol. The van der Waals surface area contributed by atoms with Gasteiger partial charge >= 0.3 is 0 Å². The molecule has 0 bridgehead atoms. The average molecular weight is 421 g/mol. The van der Waals surface area contributed by atoms with E-state index < -0.39 is 11.2 Å². The van der Waals surface area contributed by atoms with Crippen LogP contribution in [0.1, 0.15) is 26.3 Å². The number of hydrogen-bond donors (Lipinski definition) is 2. The van der Waals surface area contributed by atoms with Gasteiger partial charge in [-0.2, -0.15) is 0 Å². The van der Waals surface area contributed by atoms with Crippen molar-refractivity contribution in [3.8, 4) is 34.2 Å². The molecule has 0 saturated heterocycles. The molecule has 1 atom stereocenters. The summed E-state index contributed by atoms with van der Waals surface area (Å²) in [5, 5.41) is 21.9. The van der Waals surface area contributed by atoms with Gasteiger partial charge in [-0.1, -0.05) is 84.3 Å². The summed E-state index contributed by atoms with van der Waals surface area (Å²) in [6, 6.07) is 24.3. The highest BCUT2D eigenvalue weighted by Crippen LogP contribution is 2.38. The van der Waals surface area contributed by atoms with Crippen LogP contribution in [0.2, 0.25) is 0 Å². The van der Waals surface area contributed by atoms with E-state index in [0.29, 0.717) is 39.6 Å². The zero-order chi connectivity index (χ0) is 22.9. The van der Waals surface area contributed by atoms with Crippen molar-refractivity contribution in [1.29, 1.82) is 0 Å². The van der Waals surface area contributed by atoms with E-state index in [2.05, 4.69) is 4.98 Å². The average Bonchev–Trinajstić information content (AvgIpc) is 2.79. The maximum atomic E-state index is 11.2. The summed E-state index contributed by atoms with van der Waals surface area (Å²) < 4.78 is 0. The molecule has 2 radical (unpaired) electrons. The van der Waals surface area contributed by atoms with E-state index >= 15 is 0 Å². The fourth-order valence-electron chi connectivity index (χ4n) is 3.47. The fraction of sp³-hybridized carbons (Fsp3) is 0.192. The molecule has 0 aliphatic heterocycles. The first kappa shape index (κ1) is 21.9. The quantitative estimate of drug-likeness (QED) is 0.481. The lowest BCUT2D eigenvalue weighted by molar-refractivity contribution is -0.125. The second kappa shape index (κ2) is 8.30. The van der Waals surface area contributed by atoms with Gasteiger partial charge in [-0.25, -0.2) is 15.0 Å². The number of rotatable bonds is 5. The molecule has 3 aromatic carbocycles. The Hall–Kier alpha value is -3.35. The van der Waals surface area contributed by atoms with Gasteiger partial charge in [0.2, 0.25) is 0 Å². The summed E-state index contributed by atoms with van der Waals surface area (Å²) in [4.78, 5) is 14.1. The zero-order valence-electron chi connectivity index (χ0n) is 18.3. The third-order valence-electron chi connectivity index (χ3n) is 5.75. The lowest BCUT2D eigenvalue weighted by atomic mass is 9.79. The molecule has 0 saturated carbocycles. The largest absolute Gasteiger partial charge is 0.387 e. The molecule has 158 valence electrons. The van der Waals surface area contributed by atoms with Gasteiger partial charge in [0.15, 0.2) is 17.5 Å². The summed E-state index contributed by atoms with van der Waals surface area (Å²) in [6.07, 6.45) is 0. The normalized spacial score (nSPS) is 13.5. The van der Waals surface area contributed by atoms with Gasteiger partial charge in [0.25, 0.3) is 0 Å². The van der Waals surface area contributed by atoms with E-state index in [4.69, 9.17) is 17.8 Å². The molecular formula is C26H24BN3O2. The second-order valence-corrected chi connectivity index (χ2v) is 8.44. The molecule has 0 aliphatic carbocycles. The van der Waals surface area contributed by atoms with E-state index in [1.807, 2.05) is 66.7 Å². The molecule has 5 nitrogen and oxygen atoms in total. The van der Waals surface area contributed by atoms with Crippen LogP contribution in [0.5, 0.6) is 0 Å². The Kier molecular flexibility index (Phi) is 5.67. The van der Waals surface area contributed by atoms with Crippen molar-refractivity contribution in [2.45, 2.75) is 32.0 Å². The van der Waals surface area contributed by atoms with E-state index in [1.54, 1.807) is 32.9 Å². The van der Waals surface area contributed by atoms with Gasteiger partial charge in [-0.3, -0.25) is 0 Å². The smallest absolute Gasteiger partial charge is 0.164 e. The Labute approximate surface area is 189 Å². The van der Waals surface area contributed by atoms with Crippen molar-refractivity contribution >= 4 is 13.3 Å². The Morgan fingerprint density at radius 1 is 0.625 bits per heavy atom. The topological polar surface area (TPSA) is 79.1 Å². The van der Waals surface area contributed by atoms with E-state index in [1.165, 1.54) is 0 Å². The third kappa shape index (κ3) is 4.07. The number of aromatic nitrogens is 3. The first-order chi connectivity index (χ1) is 15.2. The fourth-order valence-corrected chi connectivity index (χ4v) is 3.47.